The van der Waals surface area contributed by atoms with Crippen LogP contribution in [0.25, 0.3) is 11.1 Å². The number of hydrogen-bond donors (Lipinski definition) is 1. The van der Waals surface area contributed by atoms with Crippen LogP contribution in [0, 0.1) is 5.92 Å². The fourth-order valence-electron chi connectivity index (χ4n) is 3.09. The number of carbonyl (C=O) groups excluding carboxylic acids is 2. The topological polar surface area (TPSA) is 91.8 Å². The highest BCUT2D eigenvalue weighted by molar-refractivity contribution is 7.85. The van der Waals surface area contributed by atoms with E-state index in [1.165, 1.54) is 26.2 Å². The van der Waals surface area contributed by atoms with Crippen LogP contribution in [0.2, 0.25) is 5.02 Å². The molecule has 0 aromatic heterocycles. The van der Waals surface area contributed by atoms with Gasteiger partial charge in [0.15, 0.2) is 0 Å². The zero-order chi connectivity index (χ0) is 25.7. The smallest absolute Gasteiger partial charge is 0.309 e. The molecular formula is C26H34ClNO5S. The molecule has 8 heteroatoms. The first-order valence-electron chi connectivity index (χ1n) is 11.4. The summed E-state index contributed by atoms with van der Waals surface area (Å²) in [6.45, 7) is 6.92. The lowest BCUT2D eigenvalue weighted by atomic mass is 10.1. The second kappa shape index (κ2) is 15.4. The number of hydrogen-bond acceptors (Lipinski definition) is 4. The lowest BCUT2D eigenvalue weighted by molar-refractivity contribution is -0.147. The molecule has 6 nitrogen and oxygen atoms in total. The minimum Gasteiger partial charge on any atom is -0.481 e. The summed E-state index contributed by atoms with van der Waals surface area (Å²) in [5.41, 5.74) is 1.86. The highest BCUT2D eigenvalue weighted by atomic mass is 35.5. The third-order valence-electron chi connectivity index (χ3n) is 5.09. The first kappa shape index (κ1) is 29.5. The van der Waals surface area contributed by atoms with Gasteiger partial charge in [-0.1, -0.05) is 75.9 Å². The first-order valence-corrected chi connectivity index (χ1v) is 13.1. The van der Waals surface area contributed by atoms with Crippen molar-refractivity contribution in [1.82, 2.24) is 4.90 Å². The SMILES string of the molecule is CCC(=O)N(CC(CS(=O)c1ccc(-c2ccc(Cl)cc2)cc1)C(=O)O)C(C)=O.CCCCC. The minimum atomic E-state index is -1.60. The summed E-state index contributed by atoms with van der Waals surface area (Å²) in [4.78, 5) is 36.6. The second-order valence-corrected chi connectivity index (χ2v) is 9.74. The normalized spacial score (nSPS) is 12.1. The number of nitrogens with zero attached hydrogens (tertiary/aromatic N) is 1. The molecule has 2 amide bonds. The van der Waals surface area contributed by atoms with Gasteiger partial charge in [-0.05, 0) is 35.4 Å². The third-order valence-corrected chi connectivity index (χ3v) is 6.85. The maximum atomic E-state index is 12.7. The van der Waals surface area contributed by atoms with E-state index >= 15 is 0 Å². The van der Waals surface area contributed by atoms with Crippen molar-refractivity contribution >= 4 is 40.2 Å². The summed E-state index contributed by atoms with van der Waals surface area (Å²) in [5, 5.41) is 10.1. The van der Waals surface area contributed by atoms with Gasteiger partial charge in [0.05, 0.1) is 16.7 Å². The van der Waals surface area contributed by atoms with Crippen molar-refractivity contribution in [2.45, 2.75) is 58.3 Å². The summed E-state index contributed by atoms with van der Waals surface area (Å²) >= 11 is 5.89. The molecular weight excluding hydrogens is 474 g/mol. The molecule has 0 bridgehead atoms. The lowest BCUT2D eigenvalue weighted by Crippen LogP contribution is -2.42. The van der Waals surface area contributed by atoms with E-state index in [9.17, 15) is 23.7 Å². The number of benzene rings is 2. The average Bonchev–Trinajstić information content (AvgIpc) is 2.82. The van der Waals surface area contributed by atoms with Gasteiger partial charge in [0.1, 0.15) is 0 Å². The zero-order valence-corrected chi connectivity index (χ0v) is 21.8. The Morgan fingerprint density at radius 3 is 1.82 bits per heavy atom. The third kappa shape index (κ3) is 9.77. The summed E-state index contributed by atoms with van der Waals surface area (Å²) in [7, 11) is -1.60. The molecule has 0 saturated carbocycles. The molecule has 0 aliphatic heterocycles. The zero-order valence-electron chi connectivity index (χ0n) is 20.3. The van der Waals surface area contributed by atoms with Crippen molar-refractivity contribution in [3.05, 3.63) is 53.6 Å². The van der Waals surface area contributed by atoms with Gasteiger partial charge in [0.2, 0.25) is 11.8 Å². The summed E-state index contributed by atoms with van der Waals surface area (Å²) < 4.78 is 12.7. The predicted molar refractivity (Wildman–Crippen MR) is 137 cm³/mol. The quantitative estimate of drug-likeness (QED) is 0.439. The number of carboxylic acids is 1. The molecule has 0 aliphatic carbocycles. The molecule has 0 radical (unpaired) electrons. The second-order valence-electron chi connectivity index (χ2n) is 7.81. The van der Waals surface area contributed by atoms with E-state index in [0.29, 0.717) is 9.92 Å². The van der Waals surface area contributed by atoms with Crippen LogP contribution in [0.1, 0.15) is 53.4 Å². The number of rotatable bonds is 10. The van der Waals surface area contributed by atoms with E-state index in [1.54, 1.807) is 43.3 Å². The molecule has 0 spiro atoms. The molecule has 0 heterocycles. The van der Waals surface area contributed by atoms with Crippen molar-refractivity contribution in [2.75, 3.05) is 12.3 Å². The first-order chi connectivity index (χ1) is 16.1. The maximum absolute atomic E-state index is 12.7. The number of halogens is 1. The van der Waals surface area contributed by atoms with Crippen LogP contribution in [-0.4, -0.2) is 44.3 Å². The van der Waals surface area contributed by atoms with Gasteiger partial charge in [-0.2, -0.15) is 0 Å². The number of amides is 2. The van der Waals surface area contributed by atoms with Crippen molar-refractivity contribution in [3.8, 4) is 11.1 Å². The highest BCUT2D eigenvalue weighted by Gasteiger charge is 2.28. The van der Waals surface area contributed by atoms with Gasteiger partial charge in [-0.15, -0.1) is 0 Å². The Morgan fingerprint density at radius 1 is 0.941 bits per heavy atom. The number of unbranched alkanes of at least 4 members (excludes halogenated alkanes) is 2. The molecule has 2 aromatic rings. The van der Waals surface area contributed by atoms with E-state index in [-0.39, 0.29) is 18.7 Å². The molecule has 2 aromatic carbocycles. The minimum absolute atomic E-state index is 0.0845. The van der Waals surface area contributed by atoms with Crippen LogP contribution in [0.3, 0.4) is 0 Å². The Kier molecular flexibility index (Phi) is 13.4. The van der Waals surface area contributed by atoms with Crippen molar-refractivity contribution in [1.29, 1.82) is 0 Å². The summed E-state index contributed by atoms with van der Waals surface area (Å²) in [6, 6.07) is 14.3. The van der Waals surface area contributed by atoms with Crippen LogP contribution in [0.4, 0.5) is 0 Å². The van der Waals surface area contributed by atoms with Crippen LogP contribution in [-0.2, 0) is 25.2 Å². The standard InChI is InChI=1S/C21H22ClNO5S.C5H12/c1-3-20(25)23(14(2)24)12-17(21(26)27)13-29(28)19-10-6-16(7-11-19)15-4-8-18(22)9-5-15;1-3-5-4-2/h4-11,17H,3,12-13H2,1-2H3,(H,26,27);3-5H2,1-2H3. The molecule has 0 saturated heterocycles. The highest BCUT2D eigenvalue weighted by Crippen LogP contribution is 2.23. The Hall–Kier alpha value is -2.51. The molecule has 0 fully saturated rings. The predicted octanol–water partition coefficient (Wildman–Crippen LogP) is 5.80. The molecule has 186 valence electrons. The van der Waals surface area contributed by atoms with E-state index in [1.807, 2.05) is 12.1 Å². The summed E-state index contributed by atoms with van der Waals surface area (Å²) in [6.07, 6.45) is 4.16. The average molecular weight is 508 g/mol. The molecule has 2 atom stereocenters. The van der Waals surface area contributed by atoms with E-state index in [4.69, 9.17) is 11.6 Å². The van der Waals surface area contributed by atoms with Gasteiger partial charge in [-0.25, -0.2) is 0 Å². The van der Waals surface area contributed by atoms with Gasteiger partial charge in [-0.3, -0.25) is 23.5 Å². The van der Waals surface area contributed by atoms with Crippen LogP contribution in [0.5, 0.6) is 0 Å². The summed E-state index contributed by atoms with van der Waals surface area (Å²) in [5.74, 6) is -3.50. The molecule has 2 unspecified atom stereocenters. The Balaban J connectivity index is 0.00000104. The number of aliphatic carboxylic acids is 1. The van der Waals surface area contributed by atoms with Crippen LogP contribution >= 0.6 is 11.6 Å². The Morgan fingerprint density at radius 2 is 1.44 bits per heavy atom. The Labute approximate surface area is 209 Å². The number of carbonyl (C=O) groups is 3. The monoisotopic (exact) mass is 507 g/mol. The van der Waals surface area contributed by atoms with Gasteiger partial charge in [0, 0.05) is 35.6 Å². The fourth-order valence-corrected chi connectivity index (χ4v) is 4.46. The van der Waals surface area contributed by atoms with Crippen LogP contribution < -0.4 is 0 Å². The number of imide groups is 1. The Bertz CT molecular complexity index is 958. The largest absolute Gasteiger partial charge is 0.481 e. The molecule has 2 rings (SSSR count). The fraction of sp³-hybridized carbons (Fsp3) is 0.423. The van der Waals surface area contributed by atoms with Gasteiger partial charge >= 0.3 is 5.97 Å². The van der Waals surface area contributed by atoms with Crippen molar-refractivity contribution in [3.63, 3.8) is 0 Å². The number of carboxylic acid groups (broad SMARTS) is 1. The van der Waals surface area contributed by atoms with E-state index in [0.717, 1.165) is 16.0 Å². The maximum Gasteiger partial charge on any atom is 0.309 e. The van der Waals surface area contributed by atoms with E-state index in [2.05, 4.69) is 13.8 Å². The molecule has 0 aliphatic rings. The van der Waals surface area contributed by atoms with Crippen molar-refractivity contribution in [2.24, 2.45) is 5.92 Å². The van der Waals surface area contributed by atoms with E-state index < -0.39 is 34.5 Å². The molecule has 34 heavy (non-hydrogen) atoms. The van der Waals surface area contributed by atoms with Crippen molar-refractivity contribution < 1.29 is 23.7 Å². The van der Waals surface area contributed by atoms with Crippen LogP contribution in [0.15, 0.2) is 53.4 Å². The van der Waals surface area contributed by atoms with Gasteiger partial charge < -0.3 is 5.11 Å². The lowest BCUT2D eigenvalue weighted by Gasteiger charge is -2.22. The molecule has 1 N–H and O–H groups in total. The van der Waals surface area contributed by atoms with Gasteiger partial charge in [0.25, 0.3) is 0 Å².